The molecular weight excluding hydrogens is 384 g/mol. The molecule has 0 saturated carbocycles. The first-order valence-corrected chi connectivity index (χ1v) is 9.14. The average Bonchev–Trinajstić information content (AvgIpc) is 3.28. The summed E-state index contributed by atoms with van der Waals surface area (Å²) in [7, 11) is 1.57. The molecule has 0 radical (unpaired) electrons. The molecule has 0 atom stereocenters. The van der Waals surface area contributed by atoms with Gasteiger partial charge in [-0.05, 0) is 43.3 Å². The molecule has 2 aromatic heterocycles. The minimum atomic E-state index is -0.516. The van der Waals surface area contributed by atoms with Gasteiger partial charge < -0.3 is 9.30 Å². The average molecular weight is 399 g/mol. The van der Waals surface area contributed by atoms with Crippen molar-refractivity contribution < 1.29 is 9.53 Å². The Balaban J connectivity index is 1.95. The van der Waals surface area contributed by atoms with Gasteiger partial charge in [-0.1, -0.05) is 11.6 Å². The first kappa shape index (κ1) is 18.7. The second-order valence-corrected chi connectivity index (χ2v) is 6.83. The van der Waals surface area contributed by atoms with Crippen molar-refractivity contribution in [1.29, 1.82) is 5.26 Å². The number of ether oxygens (including phenoxy) is 1. The van der Waals surface area contributed by atoms with Crippen molar-refractivity contribution in [1.82, 2.24) is 9.55 Å². The van der Waals surface area contributed by atoms with Crippen LogP contribution >= 0.6 is 22.9 Å². The van der Waals surface area contributed by atoms with Crippen LogP contribution in [-0.4, -0.2) is 22.6 Å². The Labute approximate surface area is 165 Å². The summed E-state index contributed by atoms with van der Waals surface area (Å²) in [6.07, 6.45) is 3.31. The van der Waals surface area contributed by atoms with Crippen LogP contribution in [0, 0.1) is 18.3 Å². The summed E-state index contributed by atoms with van der Waals surface area (Å²) in [5, 5.41) is 14.9. The first-order valence-electron chi connectivity index (χ1n) is 7.88. The number of nitriles is 1. The molecule has 1 aromatic carbocycles. The summed E-state index contributed by atoms with van der Waals surface area (Å²) in [6.45, 7) is 1.83. The Morgan fingerprint density at radius 1 is 1.44 bits per heavy atom. The Morgan fingerprint density at radius 3 is 2.93 bits per heavy atom. The van der Waals surface area contributed by atoms with Crippen LogP contribution in [0.1, 0.15) is 11.4 Å². The Bertz CT molecular complexity index is 1060. The van der Waals surface area contributed by atoms with Gasteiger partial charge in [-0.3, -0.25) is 10.1 Å². The van der Waals surface area contributed by atoms with Gasteiger partial charge in [0.2, 0.25) is 0 Å². The third-order valence-electron chi connectivity index (χ3n) is 3.68. The smallest absolute Gasteiger partial charge is 0.268 e. The van der Waals surface area contributed by atoms with Crippen molar-refractivity contribution in [2.45, 2.75) is 6.92 Å². The van der Waals surface area contributed by atoms with Crippen LogP contribution in [-0.2, 0) is 4.79 Å². The van der Waals surface area contributed by atoms with Crippen LogP contribution in [0.2, 0.25) is 5.02 Å². The van der Waals surface area contributed by atoms with Crippen molar-refractivity contribution >= 4 is 40.1 Å². The highest BCUT2D eigenvalue weighted by Gasteiger charge is 2.14. The lowest BCUT2D eigenvalue weighted by Gasteiger charge is -2.12. The largest absolute Gasteiger partial charge is 0.495 e. The Kier molecular flexibility index (Phi) is 5.60. The molecule has 0 aliphatic rings. The number of thiazole rings is 1. The highest BCUT2D eigenvalue weighted by Crippen LogP contribution is 2.28. The van der Waals surface area contributed by atoms with Crippen LogP contribution < -0.4 is 10.1 Å². The normalized spacial score (nSPS) is 11.1. The second kappa shape index (κ2) is 8.08. The maximum atomic E-state index is 12.4. The number of aryl methyl sites for hydroxylation is 1. The molecule has 8 heteroatoms. The van der Waals surface area contributed by atoms with Gasteiger partial charge in [-0.15, -0.1) is 11.3 Å². The fourth-order valence-electron chi connectivity index (χ4n) is 2.45. The summed E-state index contributed by atoms with van der Waals surface area (Å²) in [4.78, 5) is 16.6. The number of hydrogen-bond acceptors (Lipinski definition) is 5. The molecule has 0 unspecified atom stereocenters. The van der Waals surface area contributed by atoms with Crippen molar-refractivity contribution in [3.05, 3.63) is 63.9 Å². The van der Waals surface area contributed by atoms with Crippen molar-refractivity contribution in [2.24, 2.45) is 0 Å². The molecule has 1 amide bonds. The number of benzene rings is 1. The maximum Gasteiger partial charge on any atom is 0.268 e. The molecule has 2 heterocycles. The zero-order valence-electron chi connectivity index (χ0n) is 14.6. The van der Waals surface area contributed by atoms with Crippen LogP contribution in [0.4, 0.5) is 5.13 Å². The van der Waals surface area contributed by atoms with Gasteiger partial charge in [0.05, 0.1) is 18.5 Å². The van der Waals surface area contributed by atoms with E-state index in [1.54, 1.807) is 42.1 Å². The number of halogens is 1. The molecule has 0 bridgehead atoms. The van der Waals surface area contributed by atoms with Crippen molar-refractivity contribution in [3.8, 4) is 17.5 Å². The quantitative estimate of drug-likeness (QED) is 0.508. The van der Waals surface area contributed by atoms with E-state index in [4.69, 9.17) is 16.3 Å². The van der Waals surface area contributed by atoms with Gasteiger partial charge in [-0.2, -0.15) is 5.26 Å². The monoisotopic (exact) mass is 398 g/mol. The highest BCUT2D eigenvalue weighted by atomic mass is 35.5. The summed E-state index contributed by atoms with van der Waals surface area (Å²) in [5.41, 5.74) is 2.11. The van der Waals surface area contributed by atoms with Gasteiger partial charge in [-0.25, -0.2) is 4.98 Å². The van der Waals surface area contributed by atoms with Crippen LogP contribution in [0.15, 0.2) is 47.5 Å². The molecule has 136 valence electrons. The third-order valence-corrected chi connectivity index (χ3v) is 4.79. The van der Waals surface area contributed by atoms with E-state index in [-0.39, 0.29) is 5.57 Å². The SMILES string of the molecule is COc1ccc(Cl)cc1-n1cccc1/C=C(/C#N)C(=O)Nc1nc(C)cs1. The van der Waals surface area contributed by atoms with E-state index in [9.17, 15) is 10.1 Å². The molecule has 1 N–H and O–H groups in total. The van der Waals surface area contributed by atoms with E-state index in [0.29, 0.717) is 27.3 Å². The predicted octanol–water partition coefficient (Wildman–Crippen LogP) is 4.45. The molecule has 0 spiro atoms. The van der Waals surface area contributed by atoms with E-state index in [1.807, 2.05) is 24.4 Å². The minimum absolute atomic E-state index is 0.0382. The Hall–Kier alpha value is -3.08. The fraction of sp³-hybridized carbons (Fsp3) is 0.105. The zero-order chi connectivity index (χ0) is 19.4. The molecule has 0 aliphatic heterocycles. The van der Waals surface area contributed by atoms with Crippen molar-refractivity contribution in [3.63, 3.8) is 0 Å². The second-order valence-electron chi connectivity index (χ2n) is 5.54. The van der Waals surface area contributed by atoms with E-state index in [2.05, 4.69) is 10.3 Å². The summed E-state index contributed by atoms with van der Waals surface area (Å²) >= 11 is 7.42. The molecular formula is C19H15ClN4O2S. The summed E-state index contributed by atoms with van der Waals surface area (Å²) in [5.74, 6) is 0.101. The molecule has 3 aromatic rings. The fourth-order valence-corrected chi connectivity index (χ4v) is 3.30. The lowest BCUT2D eigenvalue weighted by atomic mass is 10.2. The van der Waals surface area contributed by atoms with Crippen LogP contribution in [0.25, 0.3) is 11.8 Å². The standard InChI is InChI=1S/C19H15ClN4O2S/c1-12-11-27-19(22-12)23-18(25)13(10-21)8-15-4-3-7-24(15)16-9-14(20)5-6-17(16)26-2/h3-9,11H,1-2H3,(H,22,23,25)/b13-8-. The Morgan fingerprint density at radius 2 is 2.26 bits per heavy atom. The molecule has 0 aliphatic carbocycles. The number of rotatable bonds is 5. The van der Waals surface area contributed by atoms with E-state index >= 15 is 0 Å². The van der Waals surface area contributed by atoms with E-state index < -0.39 is 5.91 Å². The third kappa shape index (κ3) is 4.19. The van der Waals surface area contributed by atoms with Gasteiger partial charge >= 0.3 is 0 Å². The van der Waals surface area contributed by atoms with E-state index in [1.165, 1.54) is 17.4 Å². The van der Waals surface area contributed by atoms with Gasteiger partial charge in [0.15, 0.2) is 5.13 Å². The van der Waals surface area contributed by atoms with Gasteiger partial charge in [0, 0.05) is 22.3 Å². The summed E-state index contributed by atoms with van der Waals surface area (Å²) < 4.78 is 7.18. The number of nitrogens with zero attached hydrogens (tertiary/aromatic N) is 3. The number of nitrogens with one attached hydrogen (secondary N) is 1. The molecule has 0 saturated heterocycles. The van der Waals surface area contributed by atoms with E-state index in [0.717, 1.165) is 5.69 Å². The van der Waals surface area contributed by atoms with Crippen LogP contribution in [0.5, 0.6) is 5.75 Å². The number of aromatic nitrogens is 2. The zero-order valence-corrected chi connectivity index (χ0v) is 16.1. The summed E-state index contributed by atoms with van der Waals surface area (Å²) in [6, 6.07) is 10.8. The number of carbonyl (C=O) groups is 1. The van der Waals surface area contributed by atoms with Crippen molar-refractivity contribution in [2.75, 3.05) is 12.4 Å². The molecule has 27 heavy (non-hydrogen) atoms. The lowest BCUT2D eigenvalue weighted by molar-refractivity contribution is -0.112. The topological polar surface area (TPSA) is 79.9 Å². The number of methoxy groups -OCH3 is 1. The number of carbonyl (C=O) groups excluding carboxylic acids is 1. The molecule has 0 fully saturated rings. The number of hydrogen-bond donors (Lipinski definition) is 1. The number of anilines is 1. The highest BCUT2D eigenvalue weighted by molar-refractivity contribution is 7.13. The van der Waals surface area contributed by atoms with Crippen LogP contribution in [0.3, 0.4) is 0 Å². The first-order chi connectivity index (χ1) is 13.0. The molecule has 3 rings (SSSR count). The lowest BCUT2D eigenvalue weighted by Crippen LogP contribution is -2.13. The molecule has 6 nitrogen and oxygen atoms in total. The van der Waals surface area contributed by atoms with Gasteiger partial charge in [0.1, 0.15) is 17.4 Å². The maximum absolute atomic E-state index is 12.4. The van der Waals surface area contributed by atoms with Gasteiger partial charge in [0.25, 0.3) is 5.91 Å². The number of amides is 1. The predicted molar refractivity (Wildman–Crippen MR) is 106 cm³/mol. The minimum Gasteiger partial charge on any atom is -0.495 e.